The zero-order chi connectivity index (χ0) is 46.2. The molecule has 374 valence electrons. The van der Waals surface area contributed by atoms with Crippen molar-refractivity contribution in [1.82, 2.24) is 5.32 Å². The molecule has 0 spiro atoms. The van der Waals surface area contributed by atoms with Crippen LogP contribution in [0.2, 0.25) is 0 Å². The third-order valence-electron chi connectivity index (χ3n) is 12.6. The lowest BCUT2D eigenvalue weighted by molar-refractivity contribution is -0.298. The Hall–Kier alpha value is -1.16. The topological polar surface area (TPSA) is 192 Å². The molecule has 6 N–H and O–H groups in total. The summed E-state index contributed by atoms with van der Waals surface area (Å²) in [6.07, 6.45) is 38.1. The molecule has 0 saturated carbocycles. The highest BCUT2D eigenvalue weighted by Crippen LogP contribution is 2.26. The van der Waals surface area contributed by atoms with Crippen LogP contribution in [-0.4, -0.2) is 95.4 Å². The number of rotatable bonds is 45. The van der Waals surface area contributed by atoms with Crippen molar-refractivity contribution in [2.75, 3.05) is 13.2 Å². The summed E-state index contributed by atoms with van der Waals surface area (Å²) in [4.78, 5) is 13.1. The first-order valence-corrected chi connectivity index (χ1v) is 27.4. The summed E-state index contributed by atoms with van der Waals surface area (Å²) in [5.41, 5.74) is 0. The second-order valence-electron chi connectivity index (χ2n) is 18.5. The van der Waals surface area contributed by atoms with Gasteiger partial charge in [-0.25, -0.2) is 4.18 Å². The highest BCUT2D eigenvalue weighted by molar-refractivity contribution is 7.80. The van der Waals surface area contributed by atoms with Crippen LogP contribution in [0.4, 0.5) is 0 Å². The van der Waals surface area contributed by atoms with Crippen LogP contribution in [-0.2, 0) is 28.9 Å². The maximum Gasteiger partial charge on any atom is 0.397 e. The van der Waals surface area contributed by atoms with Gasteiger partial charge in [-0.15, -0.1) is 0 Å². The molecular formula is C50H97NO11S. The third-order valence-corrected chi connectivity index (χ3v) is 13.0. The van der Waals surface area contributed by atoms with Gasteiger partial charge < -0.3 is 35.2 Å². The van der Waals surface area contributed by atoms with Crippen LogP contribution in [0.5, 0.6) is 0 Å². The first-order chi connectivity index (χ1) is 30.5. The number of ether oxygens (including phenoxy) is 2. The highest BCUT2D eigenvalue weighted by atomic mass is 32.3. The zero-order valence-electron chi connectivity index (χ0n) is 40.2. The Bertz CT molecular complexity index is 1180. The van der Waals surface area contributed by atoms with Gasteiger partial charge in [-0.3, -0.25) is 9.35 Å². The molecule has 0 aliphatic carbocycles. The van der Waals surface area contributed by atoms with Gasteiger partial charge in [0.2, 0.25) is 5.91 Å². The molecule has 1 fully saturated rings. The number of allylic oxidation sites excluding steroid dienone is 1. The Morgan fingerprint density at radius 3 is 1.38 bits per heavy atom. The molecule has 13 heteroatoms. The number of hydrogen-bond donors (Lipinski definition) is 6. The predicted octanol–water partition coefficient (Wildman–Crippen LogP) is 11.1. The number of carbonyl (C=O) groups is 1. The van der Waals surface area contributed by atoms with Crippen molar-refractivity contribution in [2.45, 2.75) is 288 Å². The lowest BCUT2D eigenvalue weighted by Crippen LogP contribution is -2.61. The summed E-state index contributed by atoms with van der Waals surface area (Å²) in [5, 5.41) is 44.8. The largest absolute Gasteiger partial charge is 0.397 e. The standard InChI is InChI=1S/C50H97NO11S/c1-3-5-7-9-11-13-15-17-19-21-23-25-27-29-31-33-35-37-39-44(53)43(42-60-50-48(56)49(62-63(57,58)59)47(55)45(41-52)61-50)51-46(54)40-38-36-34-32-30-28-26-24-22-20-18-16-14-12-10-8-6-4-2/h37,39,43-45,47-50,52-53,55-56H,3-36,38,40-42H2,1-2H3,(H,51,54)(H,57,58,59)/b39-37+. The number of nitrogens with one attached hydrogen (secondary N) is 1. The van der Waals surface area contributed by atoms with E-state index in [1.807, 2.05) is 6.08 Å². The highest BCUT2D eigenvalue weighted by Gasteiger charge is 2.48. The average Bonchev–Trinajstić information content (AvgIpc) is 3.25. The minimum Gasteiger partial charge on any atom is -0.394 e. The maximum absolute atomic E-state index is 13.1. The van der Waals surface area contributed by atoms with Gasteiger partial charge in [0.15, 0.2) is 6.29 Å². The van der Waals surface area contributed by atoms with E-state index in [1.165, 1.54) is 180 Å². The Balaban J connectivity index is 2.45. The van der Waals surface area contributed by atoms with E-state index in [2.05, 4.69) is 23.3 Å². The molecule has 12 nitrogen and oxygen atoms in total. The van der Waals surface area contributed by atoms with Crippen molar-refractivity contribution in [3.8, 4) is 0 Å². The molecule has 1 aliphatic heterocycles. The van der Waals surface area contributed by atoms with Crippen molar-refractivity contribution in [2.24, 2.45) is 0 Å². The van der Waals surface area contributed by atoms with Gasteiger partial charge >= 0.3 is 10.4 Å². The van der Waals surface area contributed by atoms with E-state index in [4.69, 9.17) is 9.47 Å². The van der Waals surface area contributed by atoms with Crippen LogP contribution in [0.15, 0.2) is 12.2 Å². The summed E-state index contributed by atoms with van der Waals surface area (Å²) < 4.78 is 47.7. The smallest absolute Gasteiger partial charge is 0.394 e. The number of amides is 1. The fraction of sp³-hybridized carbons (Fsp3) is 0.940. The van der Waals surface area contributed by atoms with E-state index in [0.29, 0.717) is 6.42 Å². The fourth-order valence-electron chi connectivity index (χ4n) is 8.52. The van der Waals surface area contributed by atoms with Crippen molar-refractivity contribution < 1.29 is 51.8 Å². The van der Waals surface area contributed by atoms with Crippen molar-refractivity contribution >= 4 is 16.3 Å². The Kier molecular flexibility index (Phi) is 39.0. The van der Waals surface area contributed by atoms with E-state index < -0.39 is 59.9 Å². The Morgan fingerprint density at radius 2 is 1.00 bits per heavy atom. The molecular weight excluding hydrogens is 823 g/mol. The van der Waals surface area contributed by atoms with Gasteiger partial charge in [0.1, 0.15) is 24.4 Å². The van der Waals surface area contributed by atoms with Crippen LogP contribution in [0, 0.1) is 0 Å². The minimum absolute atomic E-state index is 0.258. The SMILES string of the molecule is CCCCCCCCCCCCCCCCCC/C=C/C(O)C(COC1OC(CO)C(O)C(OS(=O)(=O)O)C1O)NC(=O)CCCCCCCCCCCCCCCCCCCC. The lowest BCUT2D eigenvalue weighted by Gasteiger charge is -2.41. The Morgan fingerprint density at radius 1 is 0.619 bits per heavy atom. The van der Waals surface area contributed by atoms with E-state index in [1.54, 1.807) is 6.08 Å². The first-order valence-electron chi connectivity index (χ1n) is 26.1. The van der Waals surface area contributed by atoms with Crippen molar-refractivity contribution in [3.63, 3.8) is 0 Å². The quantitative estimate of drug-likeness (QED) is 0.0193. The van der Waals surface area contributed by atoms with Gasteiger partial charge in [-0.05, 0) is 19.3 Å². The Labute approximate surface area is 385 Å². The summed E-state index contributed by atoms with van der Waals surface area (Å²) in [7, 11) is -5.08. The van der Waals surface area contributed by atoms with Crippen LogP contribution in [0.3, 0.4) is 0 Å². The number of unbranched alkanes of at least 4 members (excludes halogenated alkanes) is 33. The maximum atomic E-state index is 13.1. The number of aliphatic hydroxyl groups is 4. The van der Waals surface area contributed by atoms with Crippen LogP contribution in [0.1, 0.15) is 245 Å². The van der Waals surface area contributed by atoms with Gasteiger partial charge in [0.25, 0.3) is 0 Å². The van der Waals surface area contributed by atoms with Crippen LogP contribution in [0.25, 0.3) is 0 Å². The third kappa shape index (κ3) is 33.9. The fourth-order valence-corrected chi connectivity index (χ4v) is 9.02. The zero-order valence-corrected chi connectivity index (χ0v) is 41.0. The molecule has 1 heterocycles. The van der Waals surface area contributed by atoms with Gasteiger partial charge in [0.05, 0.1) is 25.4 Å². The molecule has 1 saturated heterocycles. The molecule has 1 aliphatic rings. The molecule has 0 aromatic carbocycles. The van der Waals surface area contributed by atoms with Crippen LogP contribution >= 0.6 is 0 Å². The van der Waals surface area contributed by atoms with E-state index in [0.717, 1.165) is 38.5 Å². The molecule has 0 aromatic heterocycles. The average molecular weight is 920 g/mol. The molecule has 63 heavy (non-hydrogen) atoms. The van der Waals surface area contributed by atoms with Crippen molar-refractivity contribution in [1.29, 1.82) is 0 Å². The molecule has 7 unspecified atom stereocenters. The summed E-state index contributed by atoms with van der Waals surface area (Å²) in [6, 6.07) is -0.939. The van der Waals surface area contributed by atoms with E-state index in [-0.39, 0.29) is 18.9 Å². The predicted molar refractivity (Wildman–Crippen MR) is 255 cm³/mol. The molecule has 1 rings (SSSR count). The molecule has 0 bridgehead atoms. The summed E-state index contributed by atoms with van der Waals surface area (Å²) in [5.74, 6) is -0.258. The second kappa shape index (κ2) is 41.1. The van der Waals surface area contributed by atoms with Crippen LogP contribution < -0.4 is 5.32 Å². The summed E-state index contributed by atoms with van der Waals surface area (Å²) in [6.45, 7) is 3.42. The molecule has 0 aromatic rings. The van der Waals surface area contributed by atoms with Gasteiger partial charge in [0, 0.05) is 6.42 Å². The summed E-state index contributed by atoms with van der Waals surface area (Å²) >= 11 is 0. The van der Waals surface area contributed by atoms with E-state index in [9.17, 15) is 38.2 Å². The number of carbonyl (C=O) groups excluding carboxylic acids is 1. The van der Waals surface area contributed by atoms with E-state index >= 15 is 0 Å². The molecule has 7 atom stereocenters. The van der Waals surface area contributed by atoms with Gasteiger partial charge in [-0.1, -0.05) is 231 Å². The normalized spacial score (nSPS) is 20.4. The molecule has 1 amide bonds. The lowest BCUT2D eigenvalue weighted by atomic mass is 9.99. The number of aliphatic hydroxyl groups excluding tert-OH is 4. The molecule has 0 radical (unpaired) electrons. The monoisotopic (exact) mass is 920 g/mol. The van der Waals surface area contributed by atoms with Gasteiger partial charge in [-0.2, -0.15) is 8.42 Å². The van der Waals surface area contributed by atoms with Crippen molar-refractivity contribution in [3.05, 3.63) is 12.2 Å². The second-order valence-corrected chi connectivity index (χ2v) is 19.5. The first kappa shape index (κ1) is 59.9. The number of hydrogen-bond acceptors (Lipinski definition) is 10. The minimum atomic E-state index is -5.08.